The molecular weight excluding hydrogens is 306 g/mol. The highest BCUT2D eigenvalue weighted by Crippen LogP contribution is 2.35. The number of nitrogens with two attached hydrogens (primary N) is 2. The average molecular weight is 327 g/mol. The SMILES string of the molecule is COc1cc(N)c(C(=O)[C@@H]2CCCN2C(=O)CN)c2ccccc12. The zero-order valence-electron chi connectivity index (χ0n) is 13.6. The maximum atomic E-state index is 13.2. The molecule has 126 valence electrons. The fourth-order valence-corrected chi connectivity index (χ4v) is 3.43. The molecule has 0 aliphatic carbocycles. The summed E-state index contributed by atoms with van der Waals surface area (Å²) < 4.78 is 5.37. The van der Waals surface area contributed by atoms with Gasteiger partial charge >= 0.3 is 0 Å². The topological polar surface area (TPSA) is 98.6 Å². The minimum Gasteiger partial charge on any atom is -0.496 e. The molecule has 2 aromatic rings. The molecule has 1 fully saturated rings. The summed E-state index contributed by atoms with van der Waals surface area (Å²) in [6.07, 6.45) is 1.42. The summed E-state index contributed by atoms with van der Waals surface area (Å²) in [5.74, 6) is 0.286. The molecule has 6 nitrogen and oxygen atoms in total. The van der Waals surface area contributed by atoms with E-state index in [1.807, 2.05) is 24.3 Å². The van der Waals surface area contributed by atoms with Gasteiger partial charge in [0.2, 0.25) is 5.91 Å². The summed E-state index contributed by atoms with van der Waals surface area (Å²) in [6, 6.07) is 8.65. The molecule has 0 spiro atoms. The monoisotopic (exact) mass is 327 g/mol. The summed E-state index contributed by atoms with van der Waals surface area (Å²) in [5, 5.41) is 1.57. The van der Waals surface area contributed by atoms with E-state index in [0.29, 0.717) is 30.0 Å². The number of anilines is 1. The minimum absolute atomic E-state index is 0.0946. The molecule has 1 aliphatic heterocycles. The molecule has 0 saturated carbocycles. The highest BCUT2D eigenvalue weighted by atomic mass is 16.5. The van der Waals surface area contributed by atoms with Crippen molar-refractivity contribution in [1.29, 1.82) is 0 Å². The highest BCUT2D eigenvalue weighted by Gasteiger charge is 2.35. The zero-order chi connectivity index (χ0) is 17.3. The number of likely N-dealkylation sites (tertiary alicyclic amines) is 1. The van der Waals surface area contributed by atoms with Crippen molar-refractivity contribution in [2.24, 2.45) is 5.73 Å². The summed E-state index contributed by atoms with van der Waals surface area (Å²) in [5.41, 5.74) is 12.4. The van der Waals surface area contributed by atoms with Crippen LogP contribution < -0.4 is 16.2 Å². The van der Waals surface area contributed by atoms with Crippen molar-refractivity contribution in [3.63, 3.8) is 0 Å². The highest BCUT2D eigenvalue weighted by molar-refractivity contribution is 6.16. The summed E-state index contributed by atoms with van der Waals surface area (Å²) >= 11 is 0. The van der Waals surface area contributed by atoms with Crippen molar-refractivity contribution in [3.8, 4) is 5.75 Å². The van der Waals surface area contributed by atoms with Crippen molar-refractivity contribution < 1.29 is 14.3 Å². The van der Waals surface area contributed by atoms with Gasteiger partial charge in [-0.2, -0.15) is 0 Å². The number of hydrogen-bond acceptors (Lipinski definition) is 5. The molecule has 2 aromatic carbocycles. The van der Waals surface area contributed by atoms with Crippen LogP contribution in [0.2, 0.25) is 0 Å². The number of carbonyl (C=O) groups is 2. The number of amides is 1. The van der Waals surface area contributed by atoms with Crippen molar-refractivity contribution in [2.45, 2.75) is 18.9 Å². The van der Waals surface area contributed by atoms with Crippen LogP contribution >= 0.6 is 0 Å². The van der Waals surface area contributed by atoms with Crippen LogP contribution in [0.25, 0.3) is 10.8 Å². The van der Waals surface area contributed by atoms with Crippen molar-refractivity contribution in [3.05, 3.63) is 35.9 Å². The zero-order valence-corrected chi connectivity index (χ0v) is 13.6. The first-order valence-electron chi connectivity index (χ1n) is 7.97. The van der Waals surface area contributed by atoms with Gasteiger partial charge in [0.1, 0.15) is 5.75 Å². The number of ketones is 1. The molecule has 6 heteroatoms. The van der Waals surface area contributed by atoms with E-state index in [2.05, 4.69) is 0 Å². The van der Waals surface area contributed by atoms with Gasteiger partial charge in [-0.1, -0.05) is 24.3 Å². The molecule has 1 aliphatic rings. The Bertz CT molecular complexity index is 803. The predicted octanol–water partition coefficient (Wildman–Crippen LogP) is 1.56. The lowest BCUT2D eigenvalue weighted by molar-refractivity contribution is -0.129. The molecular formula is C18H21N3O3. The first kappa shape index (κ1) is 16.3. The van der Waals surface area contributed by atoms with E-state index in [1.165, 1.54) is 0 Å². The molecule has 24 heavy (non-hydrogen) atoms. The molecule has 0 aromatic heterocycles. The number of Topliss-reactive ketones (excluding diaryl/α,β-unsaturated/α-hetero) is 1. The fourth-order valence-electron chi connectivity index (χ4n) is 3.43. The quantitative estimate of drug-likeness (QED) is 0.656. The fraction of sp³-hybridized carbons (Fsp3) is 0.333. The van der Waals surface area contributed by atoms with E-state index in [9.17, 15) is 9.59 Å². The number of nitrogens with zero attached hydrogens (tertiary/aromatic N) is 1. The first-order valence-corrected chi connectivity index (χ1v) is 7.97. The lowest BCUT2D eigenvalue weighted by Crippen LogP contribution is -2.43. The number of ether oxygens (including phenoxy) is 1. The van der Waals surface area contributed by atoms with Gasteiger partial charge in [0.05, 0.1) is 25.3 Å². The van der Waals surface area contributed by atoms with E-state index in [4.69, 9.17) is 16.2 Å². The minimum atomic E-state index is -0.500. The van der Waals surface area contributed by atoms with Crippen LogP contribution in [-0.4, -0.2) is 42.8 Å². The second-order valence-corrected chi connectivity index (χ2v) is 5.90. The largest absolute Gasteiger partial charge is 0.496 e. The van der Waals surface area contributed by atoms with Crippen molar-refractivity contribution >= 4 is 28.2 Å². The molecule has 1 atom stereocenters. The third-order valence-electron chi connectivity index (χ3n) is 4.55. The molecule has 4 N–H and O–H groups in total. The number of benzene rings is 2. The number of methoxy groups -OCH3 is 1. The van der Waals surface area contributed by atoms with Crippen LogP contribution in [0, 0.1) is 0 Å². The van der Waals surface area contributed by atoms with E-state index in [-0.39, 0.29) is 18.2 Å². The normalized spacial score (nSPS) is 17.2. The van der Waals surface area contributed by atoms with Gasteiger partial charge in [-0.25, -0.2) is 0 Å². The van der Waals surface area contributed by atoms with E-state index < -0.39 is 6.04 Å². The first-order chi connectivity index (χ1) is 11.6. The molecule has 1 saturated heterocycles. The summed E-state index contributed by atoms with van der Waals surface area (Å²) in [7, 11) is 1.57. The lowest BCUT2D eigenvalue weighted by Gasteiger charge is -2.24. The Balaban J connectivity index is 2.11. The van der Waals surface area contributed by atoms with Crippen LogP contribution in [0.4, 0.5) is 5.69 Å². The third-order valence-corrected chi connectivity index (χ3v) is 4.55. The van der Waals surface area contributed by atoms with Gasteiger partial charge in [0.25, 0.3) is 0 Å². The van der Waals surface area contributed by atoms with Crippen LogP contribution in [0.3, 0.4) is 0 Å². The Morgan fingerprint density at radius 3 is 2.67 bits per heavy atom. The van der Waals surface area contributed by atoms with Gasteiger partial charge in [-0.05, 0) is 18.2 Å². The van der Waals surface area contributed by atoms with Crippen LogP contribution in [0.1, 0.15) is 23.2 Å². The number of nitrogen functional groups attached to an aromatic ring is 1. The van der Waals surface area contributed by atoms with Crippen LogP contribution in [0.15, 0.2) is 30.3 Å². The van der Waals surface area contributed by atoms with Crippen molar-refractivity contribution in [2.75, 3.05) is 25.9 Å². The Hall–Kier alpha value is -2.60. The third kappa shape index (κ3) is 2.59. The van der Waals surface area contributed by atoms with E-state index >= 15 is 0 Å². The maximum absolute atomic E-state index is 13.2. The Kier molecular flexibility index (Phi) is 4.40. The van der Waals surface area contributed by atoms with Gasteiger partial charge in [0.15, 0.2) is 5.78 Å². The molecule has 0 unspecified atom stereocenters. The smallest absolute Gasteiger partial charge is 0.236 e. The number of fused-ring (bicyclic) bond motifs is 1. The molecule has 3 rings (SSSR count). The number of rotatable bonds is 4. The Labute approximate surface area is 140 Å². The van der Waals surface area contributed by atoms with Gasteiger partial charge in [0, 0.05) is 23.7 Å². The van der Waals surface area contributed by atoms with E-state index in [1.54, 1.807) is 18.1 Å². The van der Waals surface area contributed by atoms with Gasteiger partial charge in [-0.3, -0.25) is 9.59 Å². The maximum Gasteiger partial charge on any atom is 0.236 e. The van der Waals surface area contributed by atoms with Gasteiger partial charge in [-0.15, -0.1) is 0 Å². The number of hydrogen-bond donors (Lipinski definition) is 2. The molecule has 0 radical (unpaired) electrons. The second-order valence-electron chi connectivity index (χ2n) is 5.90. The summed E-state index contributed by atoms with van der Waals surface area (Å²) in [6.45, 7) is 0.461. The lowest BCUT2D eigenvalue weighted by atomic mass is 9.94. The molecule has 1 heterocycles. The predicted molar refractivity (Wildman–Crippen MR) is 93.0 cm³/mol. The van der Waals surface area contributed by atoms with Crippen LogP contribution in [-0.2, 0) is 4.79 Å². The number of carbonyl (C=O) groups excluding carboxylic acids is 2. The Morgan fingerprint density at radius 1 is 1.29 bits per heavy atom. The summed E-state index contributed by atoms with van der Waals surface area (Å²) in [4.78, 5) is 26.7. The second kappa shape index (κ2) is 6.49. The Morgan fingerprint density at radius 2 is 2.00 bits per heavy atom. The average Bonchev–Trinajstić information content (AvgIpc) is 3.09. The molecule has 1 amide bonds. The van der Waals surface area contributed by atoms with E-state index in [0.717, 1.165) is 17.2 Å². The van der Waals surface area contributed by atoms with Crippen molar-refractivity contribution in [1.82, 2.24) is 4.90 Å². The van der Waals surface area contributed by atoms with Crippen LogP contribution in [0.5, 0.6) is 5.75 Å². The molecule has 0 bridgehead atoms. The standard InChI is InChI=1S/C18H21N3O3/c1-24-15-9-13(20)17(12-6-3-2-5-11(12)15)18(23)14-7-4-8-21(14)16(22)10-19/h2-3,5-6,9,14H,4,7-8,10,19-20H2,1H3/t14-/m0/s1. The van der Waals surface area contributed by atoms with Gasteiger partial charge < -0.3 is 21.1 Å².